The Hall–Kier alpha value is -3.24. The minimum absolute atomic E-state index is 0.0571. The van der Waals surface area contributed by atoms with E-state index in [0.29, 0.717) is 5.78 Å². The summed E-state index contributed by atoms with van der Waals surface area (Å²) in [6.45, 7) is 7.71. The van der Waals surface area contributed by atoms with Crippen molar-refractivity contribution in [3.8, 4) is 0 Å². The van der Waals surface area contributed by atoms with Gasteiger partial charge in [0.15, 0.2) is 11.5 Å². The van der Waals surface area contributed by atoms with Gasteiger partial charge in [-0.3, -0.25) is 4.90 Å². The van der Waals surface area contributed by atoms with Crippen molar-refractivity contribution in [1.29, 1.82) is 0 Å². The second-order valence-corrected chi connectivity index (χ2v) is 12.1. The summed E-state index contributed by atoms with van der Waals surface area (Å²) in [6, 6.07) is 16.8. The second-order valence-electron chi connectivity index (χ2n) is 11.2. The van der Waals surface area contributed by atoms with Gasteiger partial charge in [-0.1, -0.05) is 47.5 Å². The molecular formula is C30H32Cl2N8O. The molecule has 0 bridgehead atoms. The van der Waals surface area contributed by atoms with Crippen LogP contribution < -0.4 is 4.90 Å². The van der Waals surface area contributed by atoms with Crippen LogP contribution in [0.1, 0.15) is 43.9 Å². The van der Waals surface area contributed by atoms with Gasteiger partial charge in [0.25, 0.3) is 5.78 Å². The van der Waals surface area contributed by atoms with E-state index in [1.807, 2.05) is 35.0 Å². The Kier molecular flexibility index (Phi) is 7.06. The molecule has 0 unspecified atom stereocenters. The van der Waals surface area contributed by atoms with E-state index in [1.54, 1.807) is 6.33 Å². The van der Waals surface area contributed by atoms with Gasteiger partial charge in [-0.05, 0) is 62.1 Å². The molecule has 2 aromatic carbocycles. The number of hydrogen-bond acceptors (Lipinski definition) is 7. The third kappa shape index (κ3) is 4.95. The first-order valence-corrected chi connectivity index (χ1v) is 14.9. The lowest BCUT2D eigenvalue weighted by molar-refractivity contribution is 0.0977. The lowest BCUT2D eigenvalue weighted by Gasteiger charge is -2.48. The zero-order valence-electron chi connectivity index (χ0n) is 23.1. The molecule has 0 aliphatic carbocycles. The molecule has 0 spiro atoms. The molecular weight excluding hydrogens is 559 g/mol. The van der Waals surface area contributed by atoms with Crippen LogP contribution in [0, 0.1) is 0 Å². The summed E-state index contributed by atoms with van der Waals surface area (Å²) in [5, 5.41) is 9.96. The lowest BCUT2D eigenvalue weighted by atomic mass is 9.93. The van der Waals surface area contributed by atoms with Gasteiger partial charge in [-0.15, -0.1) is 10.2 Å². The third-order valence-electron chi connectivity index (χ3n) is 8.42. The standard InChI is InChI=1S/C30H32Cl2N8O/c1-19-15-39(20(2)14-38(19)27(21-5-9-23(31)10-6-21)22-7-11-24(32)12-8-22)28-26-29(40-18-34-36-30(40)35-28)37(17-33-26)16-25-4-3-13-41-25/h5-12,17-20,25,27H,3-4,13-16H2,1-2H3/t19-,20+,25+/m1/s1. The number of hydrogen-bond donors (Lipinski definition) is 0. The maximum absolute atomic E-state index is 6.27. The lowest BCUT2D eigenvalue weighted by Crippen LogP contribution is -2.57. The number of anilines is 1. The van der Waals surface area contributed by atoms with Crippen LogP contribution >= 0.6 is 23.2 Å². The SMILES string of the molecule is C[C@@H]1CN(c2nc3nncn3c3c2ncn3C[C@@H]2CCCO2)[C@@H](C)CN1C(c1ccc(Cl)cc1)c1ccc(Cl)cc1. The molecule has 2 saturated heterocycles. The molecule has 2 aliphatic heterocycles. The van der Waals surface area contributed by atoms with Crippen LogP contribution in [0.2, 0.25) is 10.0 Å². The van der Waals surface area contributed by atoms with Crippen molar-refractivity contribution in [1.82, 2.24) is 34.0 Å². The fourth-order valence-corrected chi connectivity index (χ4v) is 6.66. The van der Waals surface area contributed by atoms with E-state index in [-0.39, 0.29) is 24.2 Å². The summed E-state index contributed by atoms with van der Waals surface area (Å²) in [4.78, 5) is 14.8. The molecule has 3 aromatic heterocycles. The molecule has 212 valence electrons. The van der Waals surface area contributed by atoms with Gasteiger partial charge >= 0.3 is 0 Å². The largest absolute Gasteiger partial charge is 0.376 e. The minimum Gasteiger partial charge on any atom is -0.376 e. The smallest absolute Gasteiger partial charge is 0.258 e. The third-order valence-corrected chi connectivity index (χ3v) is 8.92. The molecule has 3 atom stereocenters. The highest BCUT2D eigenvalue weighted by molar-refractivity contribution is 6.30. The molecule has 0 saturated carbocycles. The van der Waals surface area contributed by atoms with Crippen molar-refractivity contribution in [3.63, 3.8) is 0 Å². The molecule has 11 heteroatoms. The number of rotatable bonds is 6. The van der Waals surface area contributed by atoms with Crippen LogP contribution in [-0.2, 0) is 11.3 Å². The summed E-state index contributed by atoms with van der Waals surface area (Å²) >= 11 is 12.5. The predicted octanol–water partition coefficient (Wildman–Crippen LogP) is 5.65. The van der Waals surface area contributed by atoms with Crippen LogP contribution in [-0.4, -0.2) is 71.9 Å². The average Bonchev–Trinajstić information content (AvgIpc) is 3.74. The van der Waals surface area contributed by atoms with Gasteiger partial charge in [-0.2, -0.15) is 4.98 Å². The number of fused-ring (bicyclic) bond motifs is 3. The van der Waals surface area contributed by atoms with Crippen LogP contribution in [0.3, 0.4) is 0 Å². The molecule has 5 aromatic rings. The summed E-state index contributed by atoms with van der Waals surface area (Å²) in [7, 11) is 0. The number of ether oxygens (including phenoxy) is 1. The minimum atomic E-state index is 0.0571. The zero-order valence-corrected chi connectivity index (χ0v) is 24.6. The highest BCUT2D eigenvalue weighted by atomic mass is 35.5. The number of benzene rings is 2. The highest BCUT2D eigenvalue weighted by Gasteiger charge is 2.37. The molecule has 5 heterocycles. The fraction of sp³-hybridized carbons (Fsp3) is 0.400. The van der Waals surface area contributed by atoms with Gasteiger partial charge in [0.2, 0.25) is 0 Å². The van der Waals surface area contributed by atoms with Crippen molar-refractivity contribution >= 4 is 46.0 Å². The number of halogens is 2. The van der Waals surface area contributed by atoms with Crippen LogP contribution in [0.25, 0.3) is 16.9 Å². The molecule has 41 heavy (non-hydrogen) atoms. The van der Waals surface area contributed by atoms with Crippen LogP contribution in [0.15, 0.2) is 61.2 Å². The molecule has 2 fully saturated rings. The molecule has 9 nitrogen and oxygen atoms in total. The Morgan fingerprint density at radius 2 is 1.63 bits per heavy atom. The topological polar surface area (TPSA) is 76.6 Å². The number of nitrogens with zero attached hydrogens (tertiary/aromatic N) is 8. The van der Waals surface area contributed by atoms with Gasteiger partial charge in [0, 0.05) is 41.8 Å². The second kappa shape index (κ2) is 10.9. The van der Waals surface area contributed by atoms with Crippen molar-refractivity contribution in [2.75, 3.05) is 24.6 Å². The molecule has 0 N–H and O–H groups in total. The molecule has 0 amide bonds. The first-order chi connectivity index (χ1) is 20.0. The first kappa shape index (κ1) is 26.6. The quantitative estimate of drug-likeness (QED) is 0.253. The monoisotopic (exact) mass is 590 g/mol. The maximum Gasteiger partial charge on any atom is 0.258 e. The van der Waals surface area contributed by atoms with E-state index in [4.69, 9.17) is 37.9 Å². The fourth-order valence-electron chi connectivity index (χ4n) is 6.40. The summed E-state index contributed by atoms with van der Waals surface area (Å²) in [6.07, 6.45) is 5.96. The van der Waals surface area contributed by atoms with Gasteiger partial charge in [0.05, 0.1) is 25.0 Å². The predicted molar refractivity (Wildman–Crippen MR) is 161 cm³/mol. The van der Waals surface area contributed by atoms with Crippen molar-refractivity contribution in [2.45, 2.75) is 57.5 Å². The van der Waals surface area contributed by atoms with E-state index in [1.165, 1.54) is 11.1 Å². The maximum atomic E-state index is 6.27. The van der Waals surface area contributed by atoms with E-state index in [2.05, 4.69) is 62.7 Å². The molecule has 2 aliphatic rings. The van der Waals surface area contributed by atoms with Crippen LogP contribution in [0.4, 0.5) is 5.82 Å². The number of imidazole rings is 1. The number of piperazine rings is 1. The summed E-state index contributed by atoms with van der Waals surface area (Å²) < 4.78 is 10.0. The Bertz CT molecular complexity index is 1620. The summed E-state index contributed by atoms with van der Waals surface area (Å²) in [5.74, 6) is 1.42. The van der Waals surface area contributed by atoms with Crippen molar-refractivity contribution in [2.24, 2.45) is 0 Å². The van der Waals surface area contributed by atoms with Crippen LogP contribution in [0.5, 0.6) is 0 Å². The van der Waals surface area contributed by atoms with Crippen molar-refractivity contribution in [3.05, 3.63) is 82.4 Å². The zero-order chi connectivity index (χ0) is 28.1. The Morgan fingerprint density at radius 3 is 2.29 bits per heavy atom. The molecule has 7 rings (SSSR count). The van der Waals surface area contributed by atoms with Gasteiger partial charge in [-0.25, -0.2) is 9.38 Å². The van der Waals surface area contributed by atoms with Crippen molar-refractivity contribution < 1.29 is 4.74 Å². The van der Waals surface area contributed by atoms with E-state index in [0.717, 1.165) is 66.1 Å². The Morgan fingerprint density at radius 1 is 0.927 bits per heavy atom. The normalized spacial score (nSPS) is 22.0. The van der Waals surface area contributed by atoms with Gasteiger partial charge < -0.3 is 14.2 Å². The summed E-state index contributed by atoms with van der Waals surface area (Å²) in [5.41, 5.74) is 4.20. The highest BCUT2D eigenvalue weighted by Crippen LogP contribution is 2.36. The van der Waals surface area contributed by atoms with E-state index < -0.39 is 0 Å². The van der Waals surface area contributed by atoms with E-state index >= 15 is 0 Å². The Balaban J connectivity index is 1.24. The molecule has 0 radical (unpaired) electrons. The Labute approximate surface area is 248 Å². The number of aromatic nitrogens is 6. The first-order valence-electron chi connectivity index (χ1n) is 14.2. The van der Waals surface area contributed by atoms with E-state index in [9.17, 15) is 0 Å². The average molecular weight is 592 g/mol. The van der Waals surface area contributed by atoms with Gasteiger partial charge in [0.1, 0.15) is 11.8 Å².